The number of rotatable bonds is 12. The van der Waals surface area contributed by atoms with Gasteiger partial charge in [-0.05, 0) is 40.8 Å². The Labute approximate surface area is 225 Å². The smallest absolute Gasteiger partial charge is 0.243 e. The van der Waals surface area contributed by atoms with Crippen molar-refractivity contribution >= 4 is 11.8 Å². The fourth-order valence-electron chi connectivity index (χ4n) is 4.45. The van der Waals surface area contributed by atoms with E-state index in [1.54, 1.807) is 12.0 Å². The van der Waals surface area contributed by atoms with Gasteiger partial charge in [0.05, 0.1) is 13.5 Å². The van der Waals surface area contributed by atoms with Crippen LogP contribution in [0.1, 0.15) is 22.3 Å². The van der Waals surface area contributed by atoms with Crippen LogP contribution in [0.4, 0.5) is 0 Å². The number of hydrogen-bond donors (Lipinski definition) is 1. The highest BCUT2D eigenvalue weighted by Gasteiger charge is 2.30. The van der Waals surface area contributed by atoms with Gasteiger partial charge in [0.2, 0.25) is 11.8 Å². The Kier molecular flexibility index (Phi) is 9.69. The second-order valence-corrected chi connectivity index (χ2v) is 9.26. The standard InChI is InChI=1S/C33H34N2O3/c1-38-30-19-17-29(18-20-30)25-35(32(36)24-28-15-9-4-10-16-28)31(23-27-13-7-3-8-14-27)33(37)34-22-21-26-11-5-2-6-12-26/h2-20,31H,21-25H2,1H3,(H,34,37)/t31-/m0/s1. The van der Waals surface area contributed by atoms with Crippen LogP contribution in [0.3, 0.4) is 0 Å². The molecule has 4 aromatic carbocycles. The maximum absolute atomic E-state index is 13.8. The summed E-state index contributed by atoms with van der Waals surface area (Å²) in [5.41, 5.74) is 4.01. The predicted octanol–water partition coefficient (Wildman–Crippen LogP) is 5.24. The third-order valence-corrected chi connectivity index (χ3v) is 6.54. The summed E-state index contributed by atoms with van der Waals surface area (Å²) in [5, 5.41) is 3.10. The summed E-state index contributed by atoms with van der Waals surface area (Å²) in [7, 11) is 1.63. The van der Waals surface area contributed by atoms with Gasteiger partial charge in [-0.25, -0.2) is 0 Å². The molecule has 194 valence electrons. The van der Waals surface area contributed by atoms with Gasteiger partial charge in [0.25, 0.3) is 0 Å². The number of nitrogens with one attached hydrogen (secondary N) is 1. The molecule has 0 aromatic heterocycles. The zero-order valence-electron chi connectivity index (χ0n) is 21.8. The molecule has 4 rings (SSSR count). The zero-order chi connectivity index (χ0) is 26.6. The lowest BCUT2D eigenvalue weighted by Crippen LogP contribution is -2.51. The Morgan fingerprint density at radius 2 is 1.26 bits per heavy atom. The van der Waals surface area contributed by atoms with Crippen molar-refractivity contribution < 1.29 is 14.3 Å². The highest BCUT2D eigenvalue weighted by molar-refractivity contribution is 5.88. The maximum atomic E-state index is 13.8. The number of hydrogen-bond acceptors (Lipinski definition) is 3. The molecule has 5 heteroatoms. The lowest BCUT2D eigenvalue weighted by atomic mass is 10.0. The lowest BCUT2D eigenvalue weighted by molar-refractivity contribution is -0.140. The average molecular weight is 507 g/mol. The molecule has 0 fully saturated rings. The van der Waals surface area contributed by atoms with E-state index in [4.69, 9.17) is 4.74 Å². The van der Waals surface area contributed by atoms with Crippen molar-refractivity contribution in [1.29, 1.82) is 0 Å². The Bertz CT molecular complexity index is 1280. The molecule has 4 aromatic rings. The van der Waals surface area contributed by atoms with Crippen molar-refractivity contribution in [2.75, 3.05) is 13.7 Å². The van der Waals surface area contributed by atoms with E-state index in [0.29, 0.717) is 19.5 Å². The molecular formula is C33H34N2O3. The van der Waals surface area contributed by atoms with Crippen LogP contribution >= 0.6 is 0 Å². The zero-order valence-corrected chi connectivity index (χ0v) is 21.8. The average Bonchev–Trinajstić information content (AvgIpc) is 2.96. The molecule has 0 unspecified atom stereocenters. The van der Waals surface area contributed by atoms with Crippen molar-refractivity contribution in [3.8, 4) is 5.75 Å². The third kappa shape index (κ3) is 7.81. The number of benzene rings is 4. The fourth-order valence-corrected chi connectivity index (χ4v) is 4.45. The summed E-state index contributed by atoms with van der Waals surface area (Å²) in [6, 6.07) is 36.6. The fraction of sp³-hybridized carbons (Fsp3) is 0.212. The first-order valence-electron chi connectivity index (χ1n) is 12.9. The van der Waals surface area contributed by atoms with Gasteiger partial charge in [-0.2, -0.15) is 0 Å². The number of methoxy groups -OCH3 is 1. The minimum atomic E-state index is -0.661. The molecule has 0 radical (unpaired) electrons. The third-order valence-electron chi connectivity index (χ3n) is 6.54. The quantitative estimate of drug-likeness (QED) is 0.286. The van der Waals surface area contributed by atoms with E-state index in [1.165, 1.54) is 0 Å². The van der Waals surface area contributed by atoms with Crippen LogP contribution in [0.2, 0.25) is 0 Å². The van der Waals surface area contributed by atoms with Gasteiger partial charge in [-0.1, -0.05) is 103 Å². The Morgan fingerprint density at radius 3 is 1.84 bits per heavy atom. The molecule has 0 bridgehead atoms. The van der Waals surface area contributed by atoms with E-state index in [-0.39, 0.29) is 18.2 Å². The van der Waals surface area contributed by atoms with Gasteiger partial charge in [0.1, 0.15) is 11.8 Å². The van der Waals surface area contributed by atoms with Gasteiger partial charge in [0.15, 0.2) is 0 Å². The summed E-state index contributed by atoms with van der Waals surface area (Å²) in [6.45, 7) is 0.816. The largest absolute Gasteiger partial charge is 0.497 e. The molecule has 1 atom stereocenters. The number of carbonyl (C=O) groups excluding carboxylic acids is 2. The van der Waals surface area contributed by atoms with Crippen LogP contribution in [0.15, 0.2) is 115 Å². The van der Waals surface area contributed by atoms with Crippen molar-refractivity contribution in [2.45, 2.75) is 31.8 Å². The molecule has 0 aliphatic heterocycles. The predicted molar refractivity (Wildman–Crippen MR) is 151 cm³/mol. The van der Waals surface area contributed by atoms with Crippen LogP contribution in [0.5, 0.6) is 5.75 Å². The molecular weight excluding hydrogens is 472 g/mol. The molecule has 0 aliphatic rings. The summed E-state index contributed by atoms with van der Waals surface area (Å²) < 4.78 is 5.30. The maximum Gasteiger partial charge on any atom is 0.243 e. The SMILES string of the molecule is COc1ccc(CN(C(=O)Cc2ccccc2)[C@@H](Cc2ccccc2)C(=O)NCCc2ccccc2)cc1. The molecule has 5 nitrogen and oxygen atoms in total. The van der Waals surface area contributed by atoms with Gasteiger partial charge in [-0.3, -0.25) is 9.59 Å². The van der Waals surface area contributed by atoms with Crippen molar-refractivity contribution in [2.24, 2.45) is 0 Å². The number of amides is 2. The van der Waals surface area contributed by atoms with Crippen LogP contribution < -0.4 is 10.1 Å². The summed E-state index contributed by atoms with van der Waals surface area (Å²) in [5.74, 6) is 0.501. The normalized spacial score (nSPS) is 11.4. The van der Waals surface area contributed by atoms with E-state index in [2.05, 4.69) is 5.32 Å². The molecule has 0 saturated carbocycles. The summed E-state index contributed by atoms with van der Waals surface area (Å²) in [6.07, 6.45) is 1.37. The van der Waals surface area contributed by atoms with Crippen LogP contribution in [-0.4, -0.2) is 36.4 Å². The number of ether oxygens (including phenoxy) is 1. The van der Waals surface area contributed by atoms with Gasteiger partial charge in [-0.15, -0.1) is 0 Å². The lowest BCUT2D eigenvalue weighted by Gasteiger charge is -2.32. The van der Waals surface area contributed by atoms with Crippen LogP contribution in [0, 0.1) is 0 Å². The van der Waals surface area contributed by atoms with Crippen molar-refractivity contribution in [3.05, 3.63) is 138 Å². The summed E-state index contributed by atoms with van der Waals surface area (Å²) in [4.78, 5) is 29.2. The Hall–Kier alpha value is -4.38. The van der Waals surface area contributed by atoms with E-state index in [0.717, 1.165) is 34.4 Å². The van der Waals surface area contributed by atoms with E-state index >= 15 is 0 Å². The first-order valence-corrected chi connectivity index (χ1v) is 12.9. The monoisotopic (exact) mass is 506 g/mol. The van der Waals surface area contributed by atoms with E-state index < -0.39 is 6.04 Å². The second kappa shape index (κ2) is 13.8. The van der Waals surface area contributed by atoms with E-state index in [1.807, 2.05) is 115 Å². The molecule has 2 amide bonds. The van der Waals surface area contributed by atoms with Gasteiger partial charge in [0, 0.05) is 19.5 Å². The molecule has 1 N–H and O–H groups in total. The topological polar surface area (TPSA) is 58.6 Å². The molecule has 0 saturated heterocycles. The minimum Gasteiger partial charge on any atom is -0.497 e. The molecule has 38 heavy (non-hydrogen) atoms. The Morgan fingerprint density at radius 1 is 0.711 bits per heavy atom. The highest BCUT2D eigenvalue weighted by atomic mass is 16.5. The number of nitrogens with zero attached hydrogens (tertiary/aromatic N) is 1. The van der Waals surface area contributed by atoms with Gasteiger partial charge >= 0.3 is 0 Å². The Balaban J connectivity index is 1.60. The summed E-state index contributed by atoms with van der Waals surface area (Å²) >= 11 is 0. The first-order chi connectivity index (χ1) is 18.6. The minimum absolute atomic E-state index is 0.0915. The van der Waals surface area contributed by atoms with E-state index in [9.17, 15) is 9.59 Å². The van der Waals surface area contributed by atoms with Crippen LogP contribution in [-0.2, 0) is 35.4 Å². The molecule has 0 heterocycles. The molecule has 0 spiro atoms. The van der Waals surface area contributed by atoms with Gasteiger partial charge < -0.3 is 15.0 Å². The molecule has 0 aliphatic carbocycles. The van der Waals surface area contributed by atoms with Crippen molar-refractivity contribution in [1.82, 2.24) is 10.2 Å². The highest BCUT2D eigenvalue weighted by Crippen LogP contribution is 2.19. The first kappa shape index (κ1) is 26.7. The number of carbonyl (C=O) groups is 2. The van der Waals surface area contributed by atoms with Crippen LogP contribution in [0.25, 0.3) is 0 Å². The second-order valence-electron chi connectivity index (χ2n) is 9.26. The van der Waals surface area contributed by atoms with Crippen molar-refractivity contribution in [3.63, 3.8) is 0 Å².